The van der Waals surface area contributed by atoms with Crippen LogP contribution in [0.5, 0.6) is 5.75 Å². The minimum atomic E-state index is -0.287. The zero-order valence-electron chi connectivity index (χ0n) is 8.96. The molecule has 1 aromatic rings. The molecule has 0 heterocycles. The predicted molar refractivity (Wildman–Crippen MR) is 65.0 cm³/mol. The van der Waals surface area contributed by atoms with Crippen molar-refractivity contribution in [3.05, 3.63) is 28.5 Å². The summed E-state index contributed by atoms with van der Waals surface area (Å²) in [6.07, 6.45) is 4.07. The molecular weight excluding hydrogens is 273 g/mol. The number of halogens is 2. The molecule has 2 N–H and O–H groups in total. The molecule has 16 heavy (non-hydrogen) atoms. The minimum Gasteiger partial charge on any atom is -0.490 e. The highest BCUT2D eigenvalue weighted by Crippen LogP contribution is 2.25. The number of hydrogen-bond donors (Lipinski definition) is 1. The Balaban J connectivity index is 1.96. The van der Waals surface area contributed by atoms with Gasteiger partial charge in [-0.15, -0.1) is 0 Å². The summed E-state index contributed by atoms with van der Waals surface area (Å²) in [5.41, 5.74) is 5.81. The third-order valence-electron chi connectivity index (χ3n) is 2.91. The summed E-state index contributed by atoms with van der Waals surface area (Å²) in [6, 6.07) is 5.17. The van der Waals surface area contributed by atoms with Gasteiger partial charge in [0.05, 0.1) is 10.6 Å². The van der Waals surface area contributed by atoms with Gasteiger partial charge in [-0.25, -0.2) is 4.39 Å². The van der Waals surface area contributed by atoms with Crippen molar-refractivity contribution >= 4 is 15.9 Å². The van der Waals surface area contributed by atoms with Gasteiger partial charge in [-0.1, -0.05) is 0 Å². The lowest BCUT2D eigenvalue weighted by atomic mass is 9.94. The molecule has 1 aliphatic rings. The largest absolute Gasteiger partial charge is 0.490 e. The van der Waals surface area contributed by atoms with E-state index in [-0.39, 0.29) is 11.9 Å². The Morgan fingerprint density at radius 1 is 1.25 bits per heavy atom. The Kier molecular flexibility index (Phi) is 3.82. The highest BCUT2D eigenvalue weighted by atomic mass is 79.9. The van der Waals surface area contributed by atoms with Gasteiger partial charge >= 0.3 is 0 Å². The van der Waals surface area contributed by atoms with Crippen molar-refractivity contribution < 1.29 is 9.13 Å². The average Bonchev–Trinajstić information content (AvgIpc) is 2.27. The van der Waals surface area contributed by atoms with Gasteiger partial charge in [0.2, 0.25) is 0 Å². The molecule has 0 radical (unpaired) electrons. The second-order valence-corrected chi connectivity index (χ2v) is 5.08. The standard InChI is InChI=1S/C12H15BrFNO/c13-11-6-5-10(7-12(11)14)16-9-3-1-8(15)2-4-9/h5-9H,1-4,15H2. The maximum atomic E-state index is 13.2. The molecule has 1 aliphatic carbocycles. The molecule has 2 nitrogen and oxygen atoms in total. The van der Waals surface area contributed by atoms with Gasteiger partial charge in [-0.2, -0.15) is 0 Å². The number of rotatable bonds is 2. The average molecular weight is 288 g/mol. The Bertz CT molecular complexity index is 364. The molecule has 1 saturated carbocycles. The van der Waals surface area contributed by atoms with Crippen molar-refractivity contribution in [2.24, 2.45) is 5.73 Å². The first-order chi connectivity index (χ1) is 7.65. The van der Waals surface area contributed by atoms with Crippen LogP contribution in [0.3, 0.4) is 0 Å². The van der Waals surface area contributed by atoms with Gasteiger partial charge in [-0.3, -0.25) is 0 Å². The van der Waals surface area contributed by atoms with Gasteiger partial charge in [-0.05, 0) is 53.7 Å². The molecule has 88 valence electrons. The van der Waals surface area contributed by atoms with Crippen LogP contribution < -0.4 is 10.5 Å². The van der Waals surface area contributed by atoms with Crippen LogP contribution in [0.4, 0.5) is 4.39 Å². The van der Waals surface area contributed by atoms with Crippen LogP contribution in [0.15, 0.2) is 22.7 Å². The molecule has 4 heteroatoms. The van der Waals surface area contributed by atoms with E-state index >= 15 is 0 Å². The lowest BCUT2D eigenvalue weighted by Crippen LogP contribution is -2.31. The first-order valence-electron chi connectivity index (χ1n) is 5.52. The second kappa shape index (κ2) is 5.15. The number of nitrogens with two attached hydrogens (primary N) is 1. The summed E-state index contributed by atoms with van der Waals surface area (Å²) in [5.74, 6) is 0.311. The van der Waals surface area contributed by atoms with Crippen molar-refractivity contribution in [1.29, 1.82) is 0 Å². The van der Waals surface area contributed by atoms with E-state index in [1.54, 1.807) is 12.1 Å². The van der Waals surface area contributed by atoms with E-state index in [2.05, 4.69) is 15.9 Å². The van der Waals surface area contributed by atoms with Crippen molar-refractivity contribution in [2.45, 2.75) is 37.8 Å². The fourth-order valence-corrected chi connectivity index (χ4v) is 2.20. The zero-order valence-corrected chi connectivity index (χ0v) is 10.5. The molecule has 0 bridgehead atoms. The van der Waals surface area contributed by atoms with Gasteiger partial charge < -0.3 is 10.5 Å². The summed E-state index contributed by atoms with van der Waals surface area (Å²) in [4.78, 5) is 0. The molecule has 0 unspecified atom stereocenters. The molecular formula is C12H15BrFNO. The summed E-state index contributed by atoms with van der Waals surface area (Å²) in [7, 11) is 0. The Morgan fingerprint density at radius 3 is 2.56 bits per heavy atom. The quantitative estimate of drug-likeness (QED) is 0.906. The molecule has 0 aromatic heterocycles. The van der Waals surface area contributed by atoms with E-state index in [0.29, 0.717) is 16.3 Å². The first kappa shape index (κ1) is 11.9. The number of ether oxygens (including phenoxy) is 1. The molecule has 1 fully saturated rings. The predicted octanol–water partition coefficient (Wildman–Crippen LogP) is 3.24. The Morgan fingerprint density at radius 2 is 1.94 bits per heavy atom. The second-order valence-electron chi connectivity index (χ2n) is 4.23. The summed E-state index contributed by atoms with van der Waals surface area (Å²) >= 11 is 3.12. The Labute approximate surface area is 103 Å². The minimum absolute atomic E-state index is 0.181. The van der Waals surface area contributed by atoms with Gasteiger partial charge in [0.25, 0.3) is 0 Å². The molecule has 0 saturated heterocycles. The van der Waals surface area contributed by atoms with Crippen molar-refractivity contribution in [3.8, 4) is 5.75 Å². The molecule has 2 rings (SSSR count). The van der Waals surface area contributed by atoms with Gasteiger partial charge in [0, 0.05) is 12.1 Å². The molecule has 0 spiro atoms. The maximum Gasteiger partial charge on any atom is 0.141 e. The normalized spacial score (nSPS) is 25.4. The Hall–Kier alpha value is -0.610. The third-order valence-corrected chi connectivity index (χ3v) is 3.56. The van der Waals surface area contributed by atoms with Crippen LogP contribution in [-0.4, -0.2) is 12.1 Å². The highest BCUT2D eigenvalue weighted by Gasteiger charge is 2.19. The van der Waals surface area contributed by atoms with E-state index < -0.39 is 0 Å². The first-order valence-corrected chi connectivity index (χ1v) is 6.32. The summed E-state index contributed by atoms with van der Waals surface area (Å²) < 4.78 is 19.4. The fraction of sp³-hybridized carbons (Fsp3) is 0.500. The van der Waals surface area contributed by atoms with Crippen molar-refractivity contribution in [1.82, 2.24) is 0 Å². The van der Waals surface area contributed by atoms with Gasteiger partial charge in [0.15, 0.2) is 0 Å². The van der Waals surface area contributed by atoms with E-state index in [9.17, 15) is 4.39 Å². The lowest BCUT2D eigenvalue weighted by Gasteiger charge is -2.26. The zero-order chi connectivity index (χ0) is 11.5. The van der Waals surface area contributed by atoms with Crippen LogP contribution in [-0.2, 0) is 0 Å². The fourth-order valence-electron chi connectivity index (χ4n) is 1.95. The van der Waals surface area contributed by atoms with Gasteiger partial charge in [0.1, 0.15) is 11.6 Å². The van der Waals surface area contributed by atoms with Crippen molar-refractivity contribution in [3.63, 3.8) is 0 Å². The van der Waals surface area contributed by atoms with Crippen LogP contribution in [0, 0.1) is 5.82 Å². The van der Waals surface area contributed by atoms with Crippen LogP contribution in [0.25, 0.3) is 0 Å². The van der Waals surface area contributed by atoms with E-state index in [4.69, 9.17) is 10.5 Å². The summed E-state index contributed by atoms with van der Waals surface area (Å²) in [5, 5.41) is 0. The smallest absolute Gasteiger partial charge is 0.141 e. The lowest BCUT2D eigenvalue weighted by molar-refractivity contribution is 0.146. The van der Waals surface area contributed by atoms with Crippen LogP contribution in [0.2, 0.25) is 0 Å². The van der Waals surface area contributed by atoms with E-state index in [1.807, 2.05) is 0 Å². The highest BCUT2D eigenvalue weighted by molar-refractivity contribution is 9.10. The molecule has 0 amide bonds. The van der Waals surface area contributed by atoms with E-state index in [0.717, 1.165) is 25.7 Å². The topological polar surface area (TPSA) is 35.2 Å². The number of benzene rings is 1. The number of hydrogen-bond acceptors (Lipinski definition) is 2. The van der Waals surface area contributed by atoms with Crippen LogP contribution in [0.1, 0.15) is 25.7 Å². The molecule has 0 atom stereocenters. The maximum absolute atomic E-state index is 13.2. The molecule has 1 aromatic carbocycles. The monoisotopic (exact) mass is 287 g/mol. The van der Waals surface area contributed by atoms with Crippen molar-refractivity contribution in [2.75, 3.05) is 0 Å². The third kappa shape index (κ3) is 2.95. The molecule has 0 aliphatic heterocycles. The van der Waals surface area contributed by atoms with E-state index in [1.165, 1.54) is 6.07 Å². The van der Waals surface area contributed by atoms with Crippen LogP contribution >= 0.6 is 15.9 Å². The SMILES string of the molecule is NC1CCC(Oc2ccc(Br)c(F)c2)CC1. The summed E-state index contributed by atoms with van der Waals surface area (Å²) in [6.45, 7) is 0.